The van der Waals surface area contributed by atoms with E-state index in [4.69, 9.17) is 54.2 Å². The first-order chi connectivity index (χ1) is 20.6. The largest absolute Gasteiger partial charge is 0.480 e. The van der Waals surface area contributed by atoms with Gasteiger partial charge in [-0.3, -0.25) is 19.2 Å². The average molecular weight is 625 g/mol. The second-order valence-corrected chi connectivity index (χ2v) is 9.55. The van der Waals surface area contributed by atoms with Crippen molar-refractivity contribution in [3.05, 3.63) is 54.2 Å². The first kappa shape index (κ1) is 39.6. The lowest BCUT2D eigenvalue weighted by molar-refractivity contribution is -0.141. The molecular weight excluding hydrogens is 580 g/mol. The molecule has 0 amide bonds. The zero-order valence-corrected chi connectivity index (χ0v) is 24.4. The van der Waals surface area contributed by atoms with Gasteiger partial charge in [-0.1, -0.05) is 24.6 Å². The minimum Gasteiger partial charge on any atom is -0.480 e. The van der Waals surface area contributed by atoms with Crippen molar-refractivity contribution in [1.82, 2.24) is 15.0 Å². The zero-order chi connectivity index (χ0) is 33.8. The van der Waals surface area contributed by atoms with Gasteiger partial charge in [0.2, 0.25) is 0 Å². The van der Waals surface area contributed by atoms with Crippen LogP contribution in [0.4, 0.5) is 0 Å². The van der Waals surface area contributed by atoms with E-state index in [1.54, 1.807) is 6.20 Å². The number of aliphatic carboxylic acids is 4. The molecule has 0 aliphatic heterocycles. The maximum absolute atomic E-state index is 10.6. The molecule has 0 saturated carbocycles. The van der Waals surface area contributed by atoms with Gasteiger partial charge in [-0.2, -0.15) is 0 Å². The average Bonchev–Trinajstić information content (AvgIpc) is 3.63. The molecule has 1 aromatic carbocycles. The third-order valence-electron chi connectivity index (χ3n) is 5.82. The number of carbonyl (C=O) groups is 4. The van der Waals surface area contributed by atoms with Crippen molar-refractivity contribution in [1.29, 1.82) is 0 Å². The van der Waals surface area contributed by atoms with Crippen LogP contribution in [0, 0.1) is 0 Å². The Balaban J connectivity index is 0.000000578. The summed E-state index contributed by atoms with van der Waals surface area (Å²) in [5, 5.41) is 43.0. The Kier molecular flexibility index (Phi) is 19.2. The highest BCUT2D eigenvalue weighted by atomic mass is 16.4. The maximum atomic E-state index is 10.6. The summed E-state index contributed by atoms with van der Waals surface area (Å²) >= 11 is 0. The van der Waals surface area contributed by atoms with E-state index >= 15 is 0 Å². The van der Waals surface area contributed by atoms with Gasteiger partial charge >= 0.3 is 23.9 Å². The van der Waals surface area contributed by atoms with E-state index in [9.17, 15) is 19.2 Å². The van der Waals surface area contributed by atoms with Crippen molar-refractivity contribution in [3.63, 3.8) is 0 Å². The van der Waals surface area contributed by atoms with E-state index in [-0.39, 0.29) is 6.42 Å². The van der Waals surface area contributed by atoms with Crippen LogP contribution >= 0.6 is 0 Å². The number of hydrogen-bond donors (Lipinski definition) is 12. The number of nitrogens with one attached hydrogen (secondary N) is 2. The normalized spacial score (nSPS) is 13.7. The highest BCUT2D eigenvalue weighted by Gasteiger charge is 2.16. The second-order valence-electron chi connectivity index (χ2n) is 9.55. The lowest BCUT2D eigenvalue weighted by Crippen LogP contribution is -2.39. The number of H-pyrrole nitrogens is 2. The number of para-hydroxylation sites is 1. The zero-order valence-electron chi connectivity index (χ0n) is 24.4. The molecule has 246 valence electrons. The van der Waals surface area contributed by atoms with Crippen LogP contribution in [0.1, 0.15) is 37.4 Å². The number of aliphatic hydroxyl groups excluding tert-OH is 1. The summed E-state index contributed by atoms with van der Waals surface area (Å²) in [6, 6.07) is 4.18. The van der Waals surface area contributed by atoms with E-state index in [2.05, 4.69) is 15.0 Å². The number of fused-ring (bicyclic) bond motifs is 1. The number of rotatable bonds is 13. The lowest BCUT2D eigenvalue weighted by Gasteiger charge is -2.06. The molecule has 17 N–H and O–H groups in total. The molecular formula is C27H44N8O9. The highest BCUT2D eigenvalue weighted by molar-refractivity contribution is 5.84. The molecule has 0 fully saturated rings. The third kappa shape index (κ3) is 16.3. The van der Waals surface area contributed by atoms with Crippen LogP contribution in [0.5, 0.6) is 0 Å². The maximum Gasteiger partial charge on any atom is 0.323 e. The molecule has 0 aliphatic carbocycles. The first-order valence-corrected chi connectivity index (χ1v) is 13.5. The minimum atomic E-state index is -1.18. The molecule has 17 heteroatoms. The number of benzene rings is 1. The number of carboxylic acid groups (broad SMARTS) is 4. The van der Waals surface area contributed by atoms with Crippen LogP contribution in [-0.4, -0.2) is 101 Å². The first-order valence-electron chi connectivity index (χ1n) is 13.5. The number of carboxylic acids is 4. The quantitative estimate of drug-likeness (QED) is 0.0992. The van der Waals surface area contributed by atoms with E-state index in [0.717, 1.165) is 29.3 Å². The molecule has 5 unspecified atom stereocenters. The van der Waals surface area contributed by atoms with Crippen molar-refractivity contribution in [2.45, 2.75) is 69.3 Å². The van der Waals surface area contributed by atoms with Gasteiger partial charge in [-0.05, 0) is 37.9 Å². The molecule has 2 aromatic heterocycles. The number of imidazole rings is 1. The number of hydrogen-bond acceptors (Lipinski definition) is 11. The monoisotopic (exact) mass is 624 g/mol. The van der Waals surface area contributed by atoms with E-state index in [0.29, 0.717) is 25.1 Å². The smallest absolute Gasteiger partial charge is 0.323 e. The van der Waals surface area contributed by atoms with E-state index < -0.39 is 54.1 Å². The fourth-order valence-corrected chi connectivity index (χ4v) is 3.18. The van der Waals surface area contributed by atoms with Crippen LogP contribution < -0.4 is 28.7 Å². The summed E-state index contributed by atoms with van der Waals surface area (Å²) in [5.74, 6) is -4.09. The topological polar surface area (TPSA) is 344 Å². The molecule has 5 atom stereocenters. The summed E-state index contributed by atoms with van der Waals surface area (Å²) < 4.78 is 0. The SMILES string of the molecule is CC(O)C(N)C(=O)O.NC(Cc1c[nH]c2ccccc12)C(=O)O.NC(Cc1c[nH]cn1)C(=O)O.NCCCCC(N)C(=O)O. The molecule has 2 heterocycles. The summed E-state index contributed by atoms with van der Waals surface area (Å²) in [4.78, 5) is 50.5. The van der Waals surface area contributed by atoms with Crippen molar-refractivity contribution < 1.29 is 44.7 Å². The third-order valence-corrected chi connectivity index (χ3v) is 5.82. The van der Waals surface area contributed by atoms with Crippen molar-refractivity contribution >= 4 is 34.8 Å². The number of nitrogens with zero attached hydrogens (tertiary/aromatic N) is 1. The second kappa shape index (κ2) is 21.3. The molecule has 0 aliphatic rings. The Hall–Kier alpha value is -4.39. The molecule has 0 bridgehead atoms. The van der Waals surface area contributed by atoms with Crippen LogP contribution in [0.3, 0.4) is 0 Å². The summed E-state index contributed by atoms with van der Waals surface area (Å²) in [7, 11) is 0. The van der Waals surface area contributed by atoms with Crippen LogP contribution in [0.2, 0.25) is 0 Å². The molecule has 44 heavy (non-hydrogen) atoms. The summed E-state index contributed by atoms with van der Waals surface area (Å²) in [6.07, 6.45) is 6.73. The Morgan fingerprint density at radius 2 is 1.39 bits per heavy atom. The highest BCUT2D eigenvalue weighted by Crippen LogP contribution is 2.18. The van der Waals surface area contributed by atoms with Crippen LogP contribution in [-0.2, 0) is 32.0 Å². The number of unbranched alkanes of at least 4 members (excludes halogenated alkanes) is 1. The Morgan fingerprint density at radius 3 is 1.84 bits per heavy atom. The summed E-state index contributed by atoms with van der Waals surface area (Å²) in [6.45, 7) is 1.94. The van der Waals surface area contributed by atoms with Gasteiger partial charge in [0.15, 0.2) is 0 Å². The van der Waals surface area contributed by atoms with E-state index in [1.807, 2.05) is 30.5 Å². The van der Waals surface area contributed by atoms with Crippen LogP contribution in [0.15, 0.2) is 43.0 Å². The Bertz CT molecular complexity index is 1270. The fourth-order valence-electron chi connectivity index (χ4n) is 3.18. The Morgan fingerprint density at radius 1 is 0.818 bits per heavy atom. The number of aromatic nitrogens is 3. The number of aliphatic hydroxyl groups is 1. The molecule has 17 nitrogen and oxygen atoms in total. The van der Waals surface area contributed by atoms with Crippen LogP contribution in [0.25, 0.3) is 10.9 Å². The van der Waals surface area contributed by atoms with Gasteiger partial charge in [-0.15, -0.1) is 0 Å². The predicted octanol–water partition coefficient (Wildman–Crippen LogP) is -1.21. The summed E-state index contributed by atoms with van der Waals surface area (Å²) in [5.41, 5.74) is 28.7. The van der Waals surface area contributed by atoms with Gasteiger partial charge in [0.1, 0.15) is 24.2 Å². The lowest BCUT2D eigenvalue weighted by atomic mass is 10.1. The van der Waals surface area contributed by atoms with Gasteiger partial charge in [-0.25, -0.2) is 4.98 Å². The van der Waals surface area contributed by atoms with Gasteiger partial charge in [0, 0.05) is 36.1 Å². The fraction of sp³-hybridized carbons (Fsp3) is 0.444. The molecule has 0 radical (unpaired) electrons. The number of aromatic amines is 2. The molecule has 0 saturated heterocycles. The number of nitrogens with two attached hydrogens (primary N) is 5. The van der Waals surface area contributed by atoms with Crippen molar-refractivity contribution in [2.24, 2.45) is 28.7 Å². The van der Waals surface area contributed by atoms with Gasteiger partial charge < -0.3 is 64.2 Å². The van der Waals surface area contributed by atoms with Gasteiger partial charge in [0.25, 0.3) is 0 Å². The minimum absolute atomic E-state index is 0.263. The predicted molar refractivity (Wildman–Crippen MR) is 161 cm³/mol. The molecule has 0 spiro atoms. The molecule has 3 aromatic rings. The standard InChI is InChI=1S/C11H12N2O2.C6H9N3O2.C6H14N2O2.C4H9NO3/c12-9(11(14)15)5-7-6-13-10-4-2-1-3-8(7)10;7-5(6(10)11)1-4-2-8-3-9-4;7-4-2-1-3-5(8)6(9)10;1-2(6)3(5)4(7)8/h1-4,6,9,13H,5,12H2,(H,14,15);2-3,5H,1,7H2,(H,8,9)(H,10,11);5H,1-4,7-8H2,(H,9,10);2-3,6H,5H2,1H3,(H,7,8). The van der Waals surface area contributed by atoms with E-state index in [1.165, 1.54) is 13.3 Å². The van der Waals surface area contributed by atoms with Crippen molar-refractivity contribution in [2.75, 3.05) is 6.54 Å². The van der Waals surface area contributed by atoms with Crippen molar-refractivity contribution in [3.8, 4) is 0 Å². The molecule has 3 rings (SSSR count). The van der Waals surface area contributed by atoms with Gasteiger partial charge in [0.05, 0.1) is 18.1 Å². The Labute approximate surface area is 253 Å².